The molecule has 21 nitrogen and oxygen atoms in total. The van der Waals surface area contributed by atoms with Crippen LogP contribution in [0.4, 0.5) is 0 Å². The van der Waals surface area contributed by atoms with Gasteiger partial charge >= 0.3 is 17.9 Å². The number of ether oxygens (including phenoxy) is 9. The van der Waals surface area contributed by atoms with Gasteiger partial charge in [0.2, 0.25) is 0 Å². The van der Waals surface area contributed by atoms with E-state index in [0.717, 1.165) is 49.0 Å². The molecule has 564 valence electrons. The zero-order valence-corrected chi connectivity index (χ0v) is 62.8. The van der Waals surface area contributed by atoms with Gasteiger partial charge in [-0.25, -0.2) is 28.4 Å². The Kier molecular flexibility index (Phi) is 18.8. The molecule has 4 heterocycles. The van der Waals surface area contributed by atoms with Gasteiger partial charge in [0.1, 0.15) is 54.2 Å². The van der Waals surface area contributed by atoms with Gasteiger partial charge in [-0.3, -0.25) is 0 Å². The molecule has 21 heteroatoms. The Morgan fingerprint density at radius 2 is 0.553 bits per heavy atom. The van der Waals surface area contributed by atoms with Crippen LogP contribution in [0.5, 0.6) is 17.2 Å². The molecule has 0 N–H and O–H groups in total. The Bertz CT molecular complexity index is 5990. The predicted octanol–water partition coefficient (Wildman–Crippen LogP) is 18.0. The fraction of sp³-hybridized carbons (Fsp3) is 0.194. The Hall–Kier alpha value is -13.5. The van der Waals surface area contributed by atoms with E-state index < -0.39 is 17.9 Å². The van der Waals surface area contributed by atoms with Crippen LogP contribution in [-0.4, -0.2) is 82.7 Å². The summed E-state index contributed by atoms with van der Waals surface area (Å²) >= 11 is 0. The molecule has 15 aromatic carbocycles. The smallest absolute Gasteiger partial charge is 0.338 e. The van der Waals surface area contributed by atoms with Gasteiger partial charge in [0.25, 0.3) is 0 Å². The van der Waals surface area contributed by atoms with Crippen LogP contribution in [-0.2, 0) is 108 Å². The maximum Gasteiger partial charge on any atom is 0.338 e. The number of carbonyl (C=O) groups is 3. The molecule has 0 fully saturated rings. The first-order valence-corrected chi connectivity index (χ1v) is 38.3. The average Bonchev–Trinajstić information content (AvgIpc) is 0.756. The van der Waals surface area contributed by atoms with Crippen molar-refractivity contribution < 1.29 is 57.0 Å². The summed E-state index contributed by atoms with van der Waals surface area (Å²) in [6, 6.07) is 68.2. The Labute approximate surface area is 653 Å². The third-order valence-electron chi connectivity index (χ3n) is 21.5. The molecule has 0 saturated carbocycles. The van der Waals surface area contributed by atoms with Gasteiger partial charge < -0.3 is 42.6 Å². The first-order chi connectivity index (χ1) is 56.0. The summed E-state index contributed by atoms with van der Waals surface area (Å²) in [5.41, 5.74) is 8.15. The highest BCUT2D eigenvalue weighted by Crippen LogP contribution is 2.42. The van der Waals surface area contributed by atoms with Crippen LogP contribution in [0.1, 0.15) is 119 Å². The third kappa shape index (κ3) is 13.6. The number of benzene rings is 15. The van der Waals surface area contributed by atoms with Crippen molar-refractivity contribution in [2.75, 3.05) is 19.8 Å². The number of carbonyl (C=O) groups excluding carboxylic acids is 3. The zero-order chi connectivity index (χ0) is 76.9. The van der Waals surface area contributed by atoms with Crippen molar-refractivity contribution in [3.63, 3.8) is 0 Å². The van der Waals surface area contributed by atoms with E-state index in [1.807, 2.05) is 18.6 Å². The fourth-order valence-electron chi connectivity index (χ4n) is 16.5. The number of hydrogen-bond donors (Lipinski definition) is 0. The summed E-state index contributed by atoms with van der Waals surface area (Å²) in [5, 5.41) is 49.0. The van der Waals surface area contributed by atoms with Crippen LogP contribution < -0.4 is 14.2 Å². The lowest BCUT2D eigenvalue weighted by Crippen LogP contribution is -2.13. The highest BCUT2D eigenvalue weighted by molar-refractivity contribution is 6.26. The van der Waals surface area contributed by atoms with E-state index in [0.29, 0.717) is 87.3 Å². The van der Waals surface area contributed by atoms with Crippen LogP contribution in [0, 0.1) is 0 Å². The van der Waals surface area contributed by atoms with Gasteiger partial charge in [0.05, 0.1) is 114 Å². The van der Waals surface area contributed by atoms with E-state index in [1.165, 1.54) is 64.6 Å². The standard InChI is InChI=1S/C93H75N9O12/c1-4-109-91(103)67-34-70-46-106-48-72-36-68(92(104)110-5-2)38-74(89(72)113-53-77-44-101(98-95-77)41-65-26-23-62-20-17-56-11-8-14-59-29-32-80(65)86(62)83(56)59)50-108-51-75-39-69(93(105)111-6-3)37-73(90(75)114-54-78-45-102(99-96-78)42-66-27-24-63-21-18-57-12-9-15-60-30-33-81(66)87(63)84(57)60)49-107-47-71(35-67)88(70)112-52-76-43-100(97-94-76)40-64-25-22-61-19-16-55-10-7-13-58-28-31-79(64)85(61)82(55)58/h7-39,43-45H,4-6,40-42,46-54H2,1-3H3. The van der Waals surface area contributed by atoms with Crippen molar-refractivity contribution in [1.29, 1.82) is 0 Å². The first-order valence-electron chi connectivity index (χ1n) is 38.3. The average molecular weight is 1510 g/mol. The largest absolute Gasteiger partial charge is 0.486 e. The molecule has 6 bridgehead atoms. The maximum absolute atomic E-state index is 14.2. The van der Waals surface area contributed by atoms with Gasteiger partial charge in [0.15, 0.2) is 0 Å². The molecule has 0 saturated heterocycles. The van der Waals surface area contributed by atoms with Crippen LogP contribution in [0.25, 0.3) is 97.0 Å². The van der Waals surface area contributed by atoms with Gasteiger partial charge in [-0.15, -0.1) is 15.3 Å². The molecule has 1 aliphatic heterocycles. The predicted molar refractivity (Wildman–Crippen MR) is 433 cm³/mol. The molecule has 0 unspecified atom stereocenters. The Morgan fingerprint density at radius 1 is 0.316 bits per heavy atom. The lowest BCUT2D eigenvalue weighted by molar-refractivity contribution is 0.0515. The van der Waals surface area contributed by atoms with Crippen molar-refractivity contribution in [2.24, 2.45) is 0 Å². The monoisotopic (exact) mass is 1510 g/mol. The van der Waals surface area contributed by atoms with Crippen LogP contribution in [0.2, 0.25) is 0 Å². The first kappa shape index (κ1) is 70.9. The van der Waals surface area contributed by atoms with Crippen LogP contribution in [0.3, 0.4) is 0 Å². The quantitative estimate of drug-likeness (QED) is 0.0370. The Balaban J connectivity index is 0.677. The summed E-state index contributed by atoms with van der Waals surface area (Å²) in [7, 11) is 0. The second-order valence-electron chi connectivity index (χ2n) is 28.8. The molecule has 0 atom stereocenters. The lowest BCUT2D eigenvalue weighted by Gasteiger charge is -2.21. The normalized spacial score (nSPS) is 13.0. The number of hydrogen-bond acceptors (Lipinski definition) is 18. The molecule has 0 spiro atoms. The molecule has 0 amide bonds. The minimum Gasteiger partial charge on any atom is -0.486 e. The van der Waals surface area contributed by atoms with E-state index in [1.54, 1.807) is 71.2 Å². The Morgan fingerprint density at radius 3 is 0.807 bits per heavy atom. The SMILES string of the molecule is CCOC(=O)c1cc2c(OCc3cn(Cc4ccc5ccc6cccc7ccc4c5c67)nn3)c(c1)COCc1cc(C(=O)OCC)cc(c1OCc1cn(Cc3ccc4ccc5cccc6ccc3c4c56)nn1)COCc1cc(C(=O)OCC)cc(c1OCc1cn(Cc3ccc4ccc5cccc6ccc3c4c56)nn1)COC2. The molecular formula is C93H75N9O12. The molecule has 19 rings (SSSR count). The van der Waals surface area contributed by atoms with Crippen LogP contribution >= 0.6 is 0 Å². The van der Waals surface area contributed by atoms with Crippen LogP contribution in [0.15, 0.2) is 219 Å². The maximum atomic E-state index is 14.2. The molecule has 3 aromatic heterocycles. The molecule has 18 aromatic rings. The van der Waals surface area contributed by atoms with Crippen molar-refractivity contribution in [3.8, 4) is 17.2 Å². The van der Waals surface area contributed by atoms with E-state index in [2.05, 4.69) is 195 Å². The molecule has 0 aliphatic carbocycles. The van der Waals surface area contributed by atoms with Crippen molar-refractivity contribution in [2.45, 2.75) is 99.9 Å². The van der Waals surface area contributed by atoms with E-state index >= 15 is 0 Å². The molecule has 1 aliphatic rings. The highest BCUT2D eigenvalue weighted by Gasteiger charge is 2.26. The fourth-order valence-corrected chi connectivity index (χ4v) is 16.5. The number of esters is 3. The van der Waals surface area contributed by atoms with Gasteiger partial charge in [-0.1, -0.05) is 179 Å². The minimum atomic E-state index is -0.589. The minimum absolute atomic E-state index is 0.0602. The van der Waals surface area contributed by atoms with Gasteiger partial charge in [-0.2, -0.15) is 0 Å². The van der Waals surface area contributed by atoms with E-state index in [9.17, 15) is 14.4 Å². The zero-order valence-electron chi connectivity index (χ0n) is 62.8. The highest BCUT2D eigenvalue weighted by atomic mass is 16.5. The molecule has 0 radical (unpaired) electrons. The molecule has 114 heavy (non-hydrogen) atoms. The second-order valence-corrected chi connectivity index (χ2v) is 28.8. The van der Waals surface area contributed by atoms with E-state index in [4.69, 9.17) is 42.6 Å². The van der Waals surface area contributed by atoms with Crippen molar-refractivity contribution >= 4 is 115 Å². The van der Waals surface area contributed by atoms with Gasteiger partial charge in [-0.05, 0) is 171 Å². The summed E-state index contributed by atoms with van der Waals surface area (Å²) < 4.78 is 63.6. The van der Waals surface area contributed by atoms with Crippen molar-refractivity contribution in [3.05, 3.63) is 303 Å². The summed E-state index contributed by atoms with van der Waals surface area (Å²) in [6.07, 6.45) is 5.58. The molecular weight excluding hydrogens is 1440 g/mol. The third-order valence-corrected chi connectivity index (χ3v) is 21.5. The second kappa shape index (κ2) is 30.3. The number of fused-ring (bicyclic) bond motifs is 6. The number of rotatable bonds is 21. The summed E-state index contributed by atoms with van der Waals surface area (Å²) in [5.74, 6) is -0.755. The van der Waals surface area contributed by atoms with Crippen molar-refractivity contribution in [1.82, 2.24) is 45.0 Å². The van der Waals surface area contributed by atoms with E-state index in [-0.39, 0.29) is 96.0 Å². The summed E-state index contributed by atoms with van der Waals surface area (Å²) in [4.78, 5) is 42.5. The van der Waals surface area contributed by atoms with Gasteiger partial charge in [0, 0.05) is 33.4 Å². The number of nitrogens with zero attached hydrogens (tertiary/aromatic N) is 9. The topological polar surface area (TPSA) is 226 Å². The summed E-state index contributed by atoms with van der Waals surface area (Å²) in [6.45, 7) is 5.78. The number of aromatic nitrogens is 9. The lowest BCUT2D eigenvalue weighted by atomic mass is 9.92.